The van der Waals surface area contributed by atoms with Gasteiger partial charge in [-0.3, -0.25) is 4.68 Å². The predicted octanol–water partition coefficient (Wildman–Crippen LogP) is 2.44. The van der Waals surface area contributed by atoms with Crippen molar-refractivity contribution in [2.75, 3.05) is 0 Å². The van der Waals surface area contributed by atoms with Crippen LogP contribution in [0.2, 0.25) is 0 Å². The second-order valence-corrected chi connectivity index (χ2v) is 3.96. The SMILES string of the molecule is Cn1nccc1-c1cc(CN)cc(OC(F)(F)F)c1. The molecule has 0 aliphatic heterocycles. The molecule has 0 bridgehead atoms. The van der Waals surface area contributed by atoms with Crippen LogP contribution in [-0.2, 0) is 13.6 Å². The first-order valence-electron chi connectivity index (χ1n) is 5.47. The number of benzene rings is 1. The first kappa shape index (κ1) is 13.4. The molecule has 0 saturated heterocycles. The van der Waals surface area contributed by atoms with Gasteiger partial charge < -0.3 is 10.5 Å². The van der Waals surface area contributed by atoms with E-state index >= 15 is 0 Å². The number of halogens is 3. The zero-order valence-electron chi connectivity index (χ0n) is 10.1. The van der Waals surface area contributed by atoms with Gasteiger partial charge in [-0.1, -0.05) is 0 Å². The fourth-order valence-electron chi connectivity index (χ4n) is 1.78. The van der Waals surface area contributed by atoms with Crippen molar-refractivity contribution in [3.8, 4) is 17.0 Å². The molecule has 19 heavy (non-hydrogen) atoms. The highest BCUT2D eigenvalue weighted by molar-refractivity contribution is 5.62. The highest BCUT2D eigenvalue weighted by atomic mass is 19.4. The van der Waals surface area contributed by atoms with Crippen LogP contribution < -0.4 is 10.5 Å². The second kappa shape index (κ2) is 4.93. The number of rotatable bonds is 3. The van der Waals surface area contributed by atoms with E-state index in [9.17, 15) is 13.2 Å². The standard InChI is InChI=1S/C12H12F3N3O/c1-18-11(2-3-17-18)9-4-8(7-16)5-10(6-9)19-12(13,14)15/h2-6H,7,16H2,1H3. The van der Waals surface area contributed by atoms with E-state index in [1.54, 1.807) is 30.1 Å². The number of nitrogens with zero attached hydrogens (tertiary/aromatic N) is 2. The lowest BCUT2D eigenvalue weighted by Gasteiger charge is -2.12. The minimum Gasteiger partial charge on any atom is -0.406 e. The van der Waals surface area contributed by atoms with Gasteiger partial charge in [-0.2, -0.15) is 5.10 Å². The summed E-state index contributed by atoms with van der Waals surface area (Å²) in [6.45, 7) is 0.125. The molecule has 0 amide bonds. The molecule has 1 aromatic heterocycles. The van der Waals surface area contributed by atoms with E-state index in [1.807, 2.05) is 0 Å². The van der Waals surface area contributed by atoms with E-state index < -0.39 is 6.36 Å². The molecule has 0 fully saturated rings. The highest BCUT2D eigenvalue weighted by Crippen LogP contribution is 2.29. The number of aromatic nitrogens is 2. The van der Waals surface area contributed by atoms with Gasteiger partial charge in [0, 0.05) is 25.4 Å². The summed E-state index contributed by atoms with van der Waals surface area (Å²) in [5, 5.41) is 3.98. The molecule has 0 spiro atoms. The number of alkyl halides is 3. The van der Waals surface area contributed by atoms with Crippen LogP contribution in [0.4, 0.5) is 13.2 Å². The zero-order valence-corrected chi connectivity index (χ0v) is 10.1. The molecule has 102 valence electrons. The van der Waals surface area contributed by atoms with Gasteiger partial charge in [-0.25, -0.2) is 0 Å². The van der Waals surface area contributed by atoms with Crippen molar-refractivity contribution >= 4 is 0 Å². The van der Waals surface area contributed by atoms with Crippen molar-refractivity contribution in [1.29, 1.82) is 0 Å². The zero-order chi connectivity index (χ0) is 14.0. The van der Waals surface area contributed by atoms with Gasteiger partial charge in [-0.15, -0.1) is 13.2 Å². The first-order valence-corrected chi connectivity index (χ1v) is 5.47. The number of ether oxygens (including phenoxy) is 1. The predicted molar refractivity (Wildman–Crippen MR) is 63.2 cm³/mol. The van der Waals surface area contributed by atoms with Crippen LogP contribution in [0.25, 0.3) is 11.3 Å². The fourth-order valence-corrected chi connectivity index (χ4v) is 1.78. The Hall–Kier alpha value is -2.02. The molecular weight excluding hydrogens is 259 g/mol. The van der Waals surface area contributed by atoms with Gasteiger partial charge in [0.15, 0.2) is 0 Å². The van der Waals surface area contributed by atoms with Gasteiger partial charge in [0.05, 0.1) is 5.69 Å². The monoisotopic (exact) mass is 271 g/mol. The Morgan fingerprint density at radius 3 is 2.58 bits per heavy atom. The maximum atomic E-state index is 12.3. The van der Waals surface area contributed by atoms with E-state index in [4.69, 9.17) is 5.73 Å². The average molecular weight is 271 g/mol. The lowest BCUT2D eigenvalue weighted by Crippen LogP contribution is -2.17. The third-order valence-corrected chi connectivity index (χ3v) is 2.55. The van der Waals surface area contributed by atoms with Crippen molar-refractivity contribution in [3.63, 3.8) is 0 Å². The minimum atomic E-state index is -4.73. The summed E-state index contributed by atoms with van der Waals surface area (Å²) in [7, 11) is 1.70. The quantitative estimate of drug-likeness (QED) is 0.932. The molecular formula is C12H12F3N3O. The largest absolute Gasteiger partial charge is 0.573 e. The van der Waals surface area contributed by atoms with Crippen molar-refractivity contribution in [1.82, 2.24) is 9.78 Å². The molecule has 7 heteroatoms. The molecule has 0 saturated carbocycles. The third kappa shape index (κ3) is 3.25. The molecule has 0 atom stereocenters. The number of hydrogen-bond acceptors (Lipinski definition) is 3. The average Bonchev–Trinajstić information content (AvgIpc) is 2.72. The Morgan fingerprint density at radius 2 is 2.05 bits per heavy atom. The molecule has 0 unspecified atom stereocenters. The van der Waals surface area contributed by atoms with Crippen molar-refractivity contribution in [3.05, 3.63) is 36.0 Å². The summed E-state index contributed by atoms with van der Waals surface area (Å²) in [6, 6.07) is 5.99. The van der Waals surface area contributed by atoms with Crippen molar-refractivity contribution in [2.24, 2.45) is 12.8 Å². The summed E-state index contributed by atoms with van der Waals surface area (Å²) in [4.78, 5) is 0. The number of hydrogen-bond donors (Lipinski definition) is 1. The first-order chi connectivity index (χ1) is 8.89. The van der Waals surface area contributed by atoms with Gasteiger partial charge >= 0.3 is 6.36 Å². The van der Waals surface area contributed by atoms with Crippen LogP contribution in [0, 0.1) is 0 Å². The maximum absolute atomic E-state index is 12.3. The lowest BCUT2D eigenvalue weighted by molar-refractivity contribution is -0.274. The third-order valence-electron chi connectivity index (χ3n) is 2.55. The Balaban J connectivity index is 2.45. The van der Waals surface area contributed by atoms with Crippen LogP contribution in [0.3, 0.4) is 0 Å². The maximum Gasteiger partial charge on any atom is 0.573 e. The van der Waals surface area contributed by atoms with E-state index in [2.05, 4.69) is 9.84 Å². The van der Waals surface area contributed by atoms with Crippen LogP contribution in [0.1, 0.15) is 5.56 Å². The summed E-state index contributed by atoms with van der Waals surface area (Å²) >= 11 is 0. The molecule has 0 aliphatic rings. The van der Waals surface area contributed by atoms with Crippen molar-refractivity contribution in [2.45, 2.75) is 12.9 Å². The van der Waals surface area contributed by atoms with Crippen LogP contribution >= 0.6 is 0 Å². The normalized spacial score (nSPS) is 11.6. The molecule has 0 radical (unpaired) electrons. The summed E-state index contributed by atoms with van der Waals surface area (Å²) < 4.78 is 42.3. The molecule has 0 aliphatic carbocycles. The van der Waals surface area contributed by atoms with E-state index in [-0.39, 0.29) is 12.3 Å². The van der Waals surface area contributed by atoms with Gasteiger partial charge in [0.2, 0.25) is 0 Å². The van der Waals surface area contributed by atoms with Gasteiger partial charge in [0.1, 0.15) is 5.75 Å². The molecule has 1 heterocycles. The van der Waals surface area contributed by atoms with Crippen molar-refractivity contribution < 1.29 is 17.9 Å². The Kier molecular flexibility index (Phi) is 3.48. The minimum absolute atomic E-state index is 0.125. The second-order valence-electron chi connectivity index (χ2n) is 3.96. The molecule has 1 aromatic carbocycles. The van der Waals surface area contributed by atoms with E-state index in [1.165, 1.54) is 12.1 Å². The van der Waals surface area contributed by atoms with Crippen LogP contribution in [-0.4, -0.2) is 16.1 Å². The lowest BCUT2D eigenvalue weighted by atomic mass is 10.1. The smallest absolute Gasteiger partial charge is 0.406 e. The summed E-state index contributed by atoms with van der Waals surface area (Å²) in [5.41, 5.74) is 7.29. The number of aryl methyl sites for hydroxylation is 1. The van der Waals surface area contributed by atoms with E-state index in [0.717, 1.165) is 0 Å². The topological polar surface area (TPSA) is 53.1 Å². The van der Waals surface area contributed by atoms with Gasteiger partial charge in [-0.05, 0) is 29.8 Å². The Morgan fingerprint density at radius 1 is 1.32 bits per heavy atom. The van der Waals surface area contributed by atoms with Crippen LogP contribution in [0.5, 0.6) is 5.75 Å². The number of nitrogens with two attached hydrogens (primary N) is 1. The molecule has 2 aromatic rings. The molecule has 4 nitrogen and oxygen atoms in total. The molecule has 2 N–H and O–H groups in total. The Labute approximate surface area is 107 Å². The summed E-state index contributed by atoms with van der Waals surface area (Å²) in [6.07, 6.45) is -3.16. The fraction of sp³-hybridized carbons (Fsp3) is 0.250. The molecule has 2 rings (SSSR count). The van der Waals surface area contributed by atoms with Crippen LogP contribution in [0.15, 0.2) is 30.5 Å². The highest BCUT2D eigenvalue weighted by Gasteiger charge is 2.31. The Bertz CT molecular complexity index is 578. The van der Waals surface area contributed by atoms with Gasteiger partial charge in [0.25, 0.3) is 0 Å². The van der Waals surface area contributed by atoms with E-state index in [0.29, 0.717) is 16.8 Å². The summed E-state index contributed by atoms with van der Waals surface area (Å²) in [5.74, 6) is -0.286.